The van der Waals surface area contributed by atoms with Crippen LogP contribution in [0.5, 0.6) is 0 Å². The van der Waals surface area contributed by atoms with Crippen LogP contribution in [0.2, 0.25) is 0 Å². The van der Waals surface area contributed by atoms with Crippen molar-refractivity contribution in [1.29, 1.82) is 0 Å². The Morgan fingerprint density at radius 2 is 2.08 bits per heavy atom. The summed E-state index contributed by atoms with van der Waals surface area (Å²) in [4.78, 5) is 55.9. The Balaban J connectivity index is 1.32. The highest BCUT2D eigenvalue weighted by atomic mass is 32.2. The van der Waals surface area contributed by atoms with Crippen molar-refractivity contribution in [2.75, 3.05) is 12.4 Å². The predicted octanol–water partition coefficient (Wildman–Crippen LogP) is 2.76. The van der Waals surface area contributed by atoms with Crippen molar-refractivity contribution < 1.29 is 28.8 Å². The van der Waals surface area contributed by atoms with Crippen molar-refractivity contribution in [3.63, 3.8) is 0 Å². The first kappa shape index (κ1) is 25.0. The molecule has 0 bridgehead atoms. The molecular formula is C24H22N4O7S2. The number of ether oxygens (including phenoxy) is 2. The third-order valence-corrected chi connectivity index (χ3v) is 8.09. The molecule has 0 saturated carbocycles. The summed E-state index contributed by atoms with van der Waals surface area (Å²) < 4.78 is 11.0. The van der Waals surface area contributed by atoms with Crippen LogP contribution in [0.4, 0.5) is 5.69 Å². The van der Waals surface area contributed by atoms with E-state index >= 15 is 0 Å². The Bertz CT molecular complexity index is 1280. The molecule has 2 fully saturated rings. The smallest absolute Gasteiger partial charge is 0.357 e. The molecule has 1 aromatic carbocycles. The summed E-state index contributed by atoms with van der Waals surface area (Å²) in [5.74, 6) is -0.580. The van der Waals surface area contributed by atoms with E-state index in [9.17, 15) is 24.5 Å². The van der Waals surface area contributed by atoms with Crippen LogP contribution in [-0.4, -0.2) is 57.3 Å². The normalized spacial score (nSPS) is 21.8. The monoisotopic (exact) mass is 542 g/mol. The van der Waals surface area contributed by atoms with Gasteiger partial charge in [-0.3, -0.25) is 24.6 Å². The number of carbonyl (C=O) groups excluding carboxylic acids is 3. The highest BCUT2D eigenvalue weighted by Crippen LogP contribution is 2.41. The zero-order valence-corrected chi connectivity index (χ0v) is 21.1. The fourth-order valence-corrected chi connectivity index (χ4v) is 6.10. The van der Waals surface area contributed by atoms with Crippen LogP contribution >= 0.6 is 23.1 Å². The number of aliphatic imine (C=N–C) groups is 1. The van der Waals surface area contributed by atoms with Crippen molar-refractivity contribution in [2.45, 2.75) is 37.3 Å². The second kappa shape index (κ2) is 10.7. The molecule has 2 atom stereocenters. The summed E-state index contributed by atoms with van der Waals surface area (Å²) >= 11 is 2.87. The maximum atomic E-state index is 13.2. The van der Waals surface area contributed by atoms with Crippen LogP contribution in [0.3, 0.4) is 0 Å². The van der Waals surface area contributed by atoms with E-state index in [4.69, 9.17) is 9.47 Å². The number of fused-ring (bicyclic) bond motifs is 1. The number of nitro benzene ring substituents is 1. The van der Waals surface area contributed by atoms with E-state index in [0.717, 1.165) is 11.3 Å². The van der Waals surface area contributed by atoms with Crippen LogP contribution in [0.15, 0.2) is 58.2 Å². The van der Waals surface area contributed by atoms with Gasteiger partial charge in [-0.2, -0.15) is 0 Å². The maximum Gasteiger partial charge on any atom is 0.357 e. The number of thiophene rings is 1. The van der Waals surface area contributed by atoms with Gasteiger partial charge >= 0.3 is 5.97 Å². The lowest BCUT2D eigenvalue weighted by Crippen LogP contribution is -2.70. The molecule has 0 radical (unpaired) electrons. The molecule has 3 aliphatic heterocycles. The van der Waals surface area contributed by atoms with Gasteiger partial charge in [0.1, 0.15) is 18.0 Å². The van der Waals surface area contributed by atoms with Gasteiger partial charge in [-0.05, 0) is 35.6 Å². The molecule has 0 spiro atoms. The van der Waals surface area contributed by atoms with E-state index in [1.807, 2.05) is 17.5 Å². The molecule has 4 heterocycles. The molecule has 1 aromatic heterocycles. The molecule has 3 aliphatic rings. The Morgan fingerprint density at radius 3 is 2.76 bits per heavy atom. The zero-order chi connectivity index (χ0) is 25.9. The lowest BCUT2D eigenvalue weighted by atomic mass is 10.0. The standard InChI is InChI=1S/C24H22N4O7S2/c29-18(11-16-3-2-10-36-16)26-20-22(30)27-21(17(13-37-23(20)27)25-19-4-1-9-34-19)24(31)35-12-14-5-7-15(8-6-14)28(32)33/h2-3,5-8,10,20,23H,1,4,9,11-13H2,(H,26,29)/t20-,23-/m1/s1. The minimum atomic E-state index is -0.758. The number of rotatable bonds is 8. The Morgan fingerprint density at radius 1 is 1.27 bits per heavy atom. The second-order valence-electron chi connectivity index (χ2n) is 8.46. The van der Waals surface area contributed by atoms with E-state index in [1.165, 1.54) is 52.3 Å². The number of carbonyl (C=O) groups is 3. The third-order valence-electron chi connectivity index (χ3n) is 5.95. The largest absolute Gasteiger partial charge is 0.481 e. The number of non-ortho nitro benzene ring substituents is 1. The minimum absolute atomic E-state index is 0.0300. The molecule has 0 unspecified atom stereocenters. The molecule has 2 saturated heterocycles. The molecule has 192 valence electrons. The van der Waals surface area contributed by atoms with Gasteiger partial charge in [-0.1, -0.05) is 6.07 Å². The summed E-state index contributed by atoms with van der Waals surface area (Å²) in [7, 11) is 0. The molecule has 2 amide bonds. The van der Waals surface area contributed by atoms with Gasteiger partial charge in [0.2, 0.25) is 5.91 Å². The minimum Gasteiger partial charge on any atom is -0.481 e. The van der Waals surface area contributed by atoms with Crippen molar-refractivity contribution >= 4 is 52.5 Å². The van der Waals surface area contributed by atoms with Gasteiger partial charge in [0.05, 0.1) is 23.6 Å². The van der Waals surface area contributed by atoms with Crippen LogP contribution in [0.25, 0.3) is 0 Å². The number of benzene rings is 1. The van der Waals surface area contributed by atoms with E-state index in [-0.39, 0.29) is 30.3 Å². The van der Waals surface area contributed by atoms with Crippen LogP contribution in [0, 0.1) is 10.1 Å². The zero-order valence-electron chi connectivity index (χ0n) is 19.5. The number of hydrogen-bond acceptors (Lipinski definition) is 10. The number of hydrogen-bond donors (Lipinski definition) is 1. The molecule has 13 heteroatoms. The average molecular weight is 543 g/mol. The lowest BCUT2D eigenvalue weighted by Gasteiger charge is -2.49. The van der Waals surface area contributed by atoms with Gasteiger partial charge in [-0.15, -0.1) is 23.1 Å². The van der Waals surface area contributed by atoms with Crippen LogP contribution in [0.1, 0.15) is 23.3 Å². The number of nitro groups is 1. The van der Waals surface area contributed by atoms with Crippen LogP contribution in [-0.2, 0) is 36.9 Å². The topological polar surface area (TPSA) is 140 Å². The number of thioether (sulfide) groups is 1. The molecule has 2 aromatic rings. The Labute approximate surface area is 219 Å². The van der Waals surface area contributed by atoms with E-state index in [0.29, 0.717) is 35.9 Å². The van der Waals surface area contributed by atoms with Crippen LogP contribution < -0.4 is 5.32 Å². The first-order chi connectivity index (χ1) is 17.9. The Hall–Kier alpha value is -3.71. The molecule has 37 heavy (non-hydrogen) atoms. The molecule has 5 rings (SSSR count). The van der Waals surface area contributed by atoms with E-state index in [1.54, 1.807) is 0 Å². The third kappa shape index (κ3) is 5.37. The lowest BCUT2D eigenvalue weighted by molar-refractivity contribution is -0.384. The molecular weight excluding hydrogens is 520 g/mol. The number of nitrogens with zero attached hydrogens (tertiary/aromatic N) is 3. The fourth-order valence-electron chi connectivity index (χ4n) is 4.13. The van der Waals surface area contributed by atoms with E-state index < -0.39 is 28.2 Å². The van der Waals surface area contributed by atoms with Gasteiger partial charge < -0.3 is 14.8 Å². The average Bonchev–Trinajstić information content (AvgIpc) is 3.60. The fraction of sp³-hybridized carbons (Fsp3) is 0.333. The van der Waals surface area contributed by atoms with E-state index in [2.05, 4.69) is 10.3 Å². The first-order valence-electron chi connectivity index (χ1n) is 11.5. The summed E-state index contributed by atoms with van der Waals surface area (Å²) in [6, 6.07) is 8.61. The molecule has 1 N–H and O–H groups in total. The summed E-state index contributed by atoms with van der Waals surface area (Å²) in [6.45, 7) is 0.407. The van der Waals surface area contributed by atoms with Crippen molar-refractivity contribution in [2.24, 2.45) is 4.99 Å². The molecule has 0 aliphatic carbocycles. The maximum absolute atomic E-state index is 13.2. The highest BCUT2D eigenvalue weighted by Gasteiger charge is 2.54. The Kier molecular flexibility index (Phi) is 7.24. The van der Waals surface area contributed by atoms with Gasteiger partial charge in [0.25, 0.3) is 11.6 Å². The van der Waals surface area contributed by atoms with Crippen molar-refractivity contribution in [3.05, 3.63) is 73.7 Å². The van der Waals surface area contributed by atoms with Crippen molar-refractivity contribution in [3.8, 4) is 0 Å². The van der Waals surface area contributed by atoms with Gasteiger partial charge in [0, 0.05) is 29.2 Å². The second-order valence-corrected chi connectivity index (χ2v) is 10.6. The SMILES string of the molecule is O=C(Cc1cccs1)N[C@@H]1C(=O)N2C(C(=O)OCc3ccc([N+](=O)[O-])cc3)=C(N=C3CCCO3)CS[C@H]12. The summed E-state index contributed by atoms with van der Waals surface area (Å²) in [6.07, 6.45) is 1.63. The van der Waals surface area contributed by atoms with Gasteiger partial charge in [0.15, 0.2) is 11.6 Å². The first-order valence-corrected chi connectivity index (χ1v) is 13.4. The summed E-state index contributed by atoms with van der Waals surface area (Å²) in [5.41, 5.74) is 0.894. The number of β-lactam (4-membered cyclic amide) rings is 1. The highest BCUT2D eigenvalue weighted by molar-refractivity contribution is 8.00. The number of esters is 1. The van der Waals surface area contributed by atoms with Crippen molar-refractivity contribution in [1.82, 2.24) is 10.2 Å². The number of amides is 2. The van der Waals surface area contributed by atoms with Gasteiger partial charge in [-0.25, -0.2) is 9.79 Å². The predicted molar refractivity (Wildman–Crippen MR) is 136 cm³/mol. The molecule has 11 nitrogen and oxygen atoms in total. The summed E-state index contributed by atoms with van der Waals surface area (Å²) in [5, 5.41) is 15.1. The number of nitrogens with one attached hydrogen (secondary N) is 1. The quantitative estimate of drug-likeness (QED) is 0.232.